The van der Waals surface area contributed by atoms with Gasteiger partial charge in [-0.2, -0.15) is 0 Å². The van der Waals surface area contributed by atoms with Crippen LogP contribution in [0.25, 0.3) is 0 Å². The van der Waals surface area contributed by atoms with Gasteiger partial charge in [-0.05, 0) is 42.3 Å². The minimum absolute atomic E-state index is 0.102. The highest BCUT2D eigenvalue weighted by molar-refractivity contribution is 6.09. The summed E-state index contributed by atoms with van der Waals surface area (Å²) >= 11 is 0. The number of carbonyl (C=O) groups excluding carboxylic acids is 3. The van der Waals surface area contributed by atoms with Crippen LogP contribution in [0.5, 0.6) is 5.75 Å². The summed E-state index contributed by atoms with van der Waals surface area (Å²) in [5.41, 5.74) is 1.09. The second-order valence-electron chi connectivity index (χ2n) is 7.86. The van der Waals surface area contributed by atoms with Crippen molar-refractivity contribution in [2.75, 3.05) is 38.7 Å². The summed E-state index contributed by atoms with van der Waals surface area (Å²) in [5.74, 6) is -0.355. The molecule has 8 heteroatoms. The maximum Gasteiger partial charge on any atom is 0.255 e. The van der Waals surface area contributed by atoms with Gasteiger partial charge in [-0.15, -0.1) is 0 Å². The number of anilines is 1. The molecule has 1 fully saturated rings. The van der Waals surface area contributed by atoms with Crippen LogP contribution >= 0.6 is 0 Å². The van der Waals surface area contributed by atoms with Crippen molar-refractivity contribution in [3.05, 3.63) is 59.7 Å². The standard InChI is InChI=1S/C24H29N3O5/c1-16(2)21(24(30)27-12-14-32-15-13-27)26-23(29)19-6-4-5-7-20(19)25-22(28)17-8-10-18(31-3)11-9-17/h4-11,16,21H,12-15H2,1-3H3,(H,25,28)(H,26,29)/t21-/m0/s1. The Morgan fingerprint density at radius 2 is 1.62 bits per heavy atom. The van der Waals surface area contributed by atoms with Crippen molar-refractivity contribution < 1.29 is 23.9 Å². The second kappa shape index (κ2) is 10.8. The lowest BCUT2D eigenvalue weighted by Gasteiger charge is -2.32. The van der Waals surface area contributed by atoms with Gasteiger partial charge in [0.05, 0.1) is 31.6 Å². The number of hydrogen-bond donors (Lipinski definition) is 2. The SMILES string of the molecule is COc1ccc(C(=O)Nc2ccccc2C(=O)N[C@H](C(=O)N2CCOCC2)C(C)C)cc1. The number of nitrogens with zero attached hydrogens (tertiary/aromatic N) is 1. The van der Waals surface area contributed by atoms with Crippen LogP contribution in [-0.4, -0.2) is 62.1 Å². The zero-order valence-electron chi connectivity index (χ0n) is 18.6. The first-order valence-electron chi connectivity index (χ1n) is 10.6. The Labute approximate surface area is 187 Å². The van der Waals surface area contributed by atoms with E-state index in [9.17, 15) is 14.4 Å². The van der Waals surface area contributed by atoms with Crippen molar-refractivity contribution in [3.8, 4) is 5.75 Å². The maximum absolute atomic E-state index is 13.1. The van der Waals surface area contributed by atoms with Gasteiger partial charge in [0.25, 0.3) is 11.8 Å². The highest BCUT2D eigenvalue weighted by atomic mass is 16.5. The third-order valence-corrected chi connectivity index (χ3v) is 5.31. The minimum atomic E-state index is -0.675. The van der Waals surface area contributed by atoms with E-state index >= 15 is 0 Å². The number of carbonyl (C=O) groups is 3. The van der Waals surface area contributed by atoms with Gasteiger partial charge in [-0.1, -0.05) is 26.0 Å². The van der Waals surface area contributed by atoms with E-state index in [1.165, 1.54) is 0 Å². The summed E-state index contributed by atoms with van der Waals surface area (Å²) in [5, 5.41) is 5.65. The Morgan fingerprint density at radius 3 is 2.25 bits per heavy atom. The number of para-hydroxylation sites is 1. The Hall–Kier alpha value is -3.39. The lowest BCUT2D eigenvalue weighted by atomic mass is 10.0. The molecule has 0 aliphatic carbocycles. The Bertz CT molecular complexity index is 952. The predicted octanol–water partition coefficient (Wildman–Crippen LogP) is 2.56. The predicted molar refractivity (Wildman–Crippen MR) is 121 cm³/mol. The highest BCUT2D eigenvalue weighted by Crippen LogP contribution is 2.19. The largest absolute Gasteiger partial charge is 0.497 e. The third-order valence-electron chi connectivity index (χ3n) is 5.31. The van der Waals surface area contributed by atoms with Gasteiger partial charge in [0.2, 0.25) is 5.91 Å². The number of amides is 3. The molecule has 8 nitrogen and oxygen atoms in total. The average Bonchev–Trinajstić information content (AvgIpc) is 2.82. The molecule has 0 bridgehead atoms. The van der Waals surface area contributed by atoms with Crippen LogP contribution in [0, 0.1) is 5.92 Å². The molecule has 170 valence electrons. The number of ether oxygens (including phenoxy) is 2. The summed E-state index contributed by atoms with van der Waals surface area (Å²) in [7, 11) is 1.55. The van der Waals surface area contributed by atoms with E-state index in [-0.39, 0.29) is 23.3 Å². The van der Waals surface area contributed by atoms with E-state index in [2.05, 4.69) is 10.6 Å². The Kier molecular flexibility index (Phi) is 7.83. The van der Waals surface area contributed by atoms with Gasteiger partial charge in [-0.25, -0.2) is 0 Å². The minimum Gasteiger partial charge on any atom is -0.497 e. The van der Waals surface area contributed by atoms with Gasteiger partial charge in [0.15, 0.2) is 0 Å². The van der Waals surface area contributed by atoms with Crippen LogP contribution in [-0.2, 0) is 9.53 Å². The molecule has 0 spiro atoms. The molecule has 1 saturated heterocycles. The molecular formula is C24H29N3O5. The Morgan fingerprint density at radius 1 is 0.969 bits per heavy atom. The van der Waals surface area contributed by atoms with Crippen molar-refractivity contribution in [1.82, 2.24) is 10.2 Å². The lowest BCUT2D eigenvalue weighted by molar-refractivity contribution is -0.138. The highest BCUT2D eigenvalue weighted by Gasteiger charge is 2.30. The molecule has 0 aromatic heterocycles. The third kappa shape index (κ3) is 5.64. The van der Waals surface area contributed by atoms with Crippen LogP contribution in [0.3, 0.4) is 0 Å². The van der Waals surface area contributed by atoms with E-state index in [1.54, 1.807) is 60.5 Å². The van der Waals surface area contributed by atoms with Gasteiger partial charge in [0, 0.05) is 18.7 Å². The Balaban J connectivity index is 1.74. The number of nitrogens with one attached hydrogen (secondary N) is 2. The summed E-state index contributed by atoms with van der Waals surface area (Å²) < 4.78 is 10.4. The number of morpholine rings is 1. The molecular weight excluding hydrogens is 410 g/mol. The number of methoxy groups -OCH3 is 1. The number of rotatable bonds is 7. The van der Waals surface area contributed by atoms with Gasteiger partial charge in [0.1, 0.15) is 11.8 Å². The fourth-order valence-corrected chi connectivity index (χ4v) is 3.44. The molecule has 0 saturated carbocycles. The normalized spacial score (nSPS) is 14.6. The number of hydrogen-bond acceptors (Lipinski definition) is 5. The average molecular weight is 440 g/mol. The molecule has 3 rings (SSSR count). The van der Waals surface area contributed by atoms with Crippen LogP contribution in [0.2, 0.25) is 0 Å². The summed E-state index contributed by atoms with van der Waals surface area (Å²) in [6, 6.07) is 12.7. The summed E-state index contributed by atoms with van der Waals surface area (Å²) in [6.07, 6.45) is 0. The molecule has 1 heterocycles. The van der Waals surface area contributed by atoms with Crippen LogP contribution in [0.4, 0.5) is 5.69 Å². The quantitative estimate of drug-likeness (QED) is 0.691. The van der Waals surface area contributed by atoms with Gasteiger partial charge >= 0.3 is 0 Å². The summed E-state index contributed by atoms with van der Waals surface area (Å²) in [6.45, 7) is 5.77. The number of benzene rings is 2. The molecule has 1 aliphatic rings. The molecule has 1 aliphatic heterocycles. The van der Waals surface area contributed by atoms with Crippen molar-refractivity contribution in [3.63, 3.8) is 0 Å². The molecule has 1 atom stereocenters. The zero-order valence-corrected chi connectivity index (χ0v) is 18.6. The van der Waals surface area contributed by atoms with Gasteiger partial charge in [-0.3, -0.25) is 14.4 Å². The zero-order chi connectivity index (χ0) is 23.1. The maximum atomic E-state index is 13.1. The van der Waals surface area contributed by atoms with E-state index in [0.29, 0.717) is 43.3 Å². The van der Waals surface area contributed by atoms with Crippen LogP contribution in [0.15, 0.2) is 48.5 Å². The molecule has 3 amide bonds. The first-order chi connectivity index (χ1) is 15.4. The lowest BCUT2D eigenvalue weighted by Crippen LogP contribution is -2.53. The second-order valence-corrected chi connectivity index (χ2v) is 7.86. The fraction of sp³-hybridized carbons (Fsp3) is 0.375. The monoisotopic (exact) mass is 439 g/mol. The van der Waals surface area contributed by atoms with E-state index in [1.807, 2.05) is 13.8 Å². The molecule has 2 aromatic rings. The van der Waals surface area contributed by atoms with Crippen molar-refractivity contribution in [2.24, 2.45) is 5.92 Å². The van der Waals surface area contributed by atoms with E-state index < -0.39 is 11.9 Å². The van der Waals surface area contributed by atoms with Crippen molar-refractivity contribution in [2.45, 2.75) is 19.9 Å². The fourth-order valence-electron chi connectivity index (χ4n) is 3.44. The molecule has 2 aromatic carbocycles. The molecule has 0 radical (unpaired) electrons. The van der Waals surface area contributed by atoms with Crippen LogP contribution in [0.1, 0.15) is 34.6 Å². The molecule has 2 N–H and O–H groups in total. The van der Waals surface area contributed by atoms with E-state index in [0.717, 1.165) is 0 Å². The smallest absolute Gasteiger partial charge is 0.255 e. The first kappa shape index (κ1) is 23.3. The van der Waals surface area contributed by atoms with Gasteiger partial charge < -0.3 is 25.0 Å². The van der Waals surface area contributed by atoms with Crippen molar-refractivity contribution >= 4 is 23.4 Å². The molecule has 32 heavy (non-hydrogen) atoms. The topological polar surface area (TPSA) is 97.0 Å². The van der Waals surface area contributed by atoms with E-state index in [4.69, 9.17) is 9.47 Å². The molecule has 0 unspecified atom stereocenters. The van der Waals surface area contributed by atoms with Crippen LogP contribution < -0.4 is 15.4 Å². The summed E-state index contributed by atoms with van der Waals surface area (Å²) in [4.78, 5) is 40.5. The van der Waals surface area contributed by atoms with Crippen molar-refractivity contribution in [1.29, 1.82) is 0 Å². The first-order valence-corrected chi connectivity index (χ1v) is 10.6.